The molecule has 3 rings (SSSR count). The van der Waals surface area contributed by atoms with Crippen LogP contribution < -0.4 is 11.1 Å². The van der Waals surface area contributed by atoms with Gasteiger partial charge in [0.25, 0.3) is 11.8 Å². The molecule has 0 bridgehead atoms. The van der Waals surface area contributed by atoms with Crippen LogP contribution in [0.15, 0.2) is 54.9 Å². The Morgan fingerprint density at radius 1 is 1.19 bits per heavy atom. The average Bonchev–Trinajstić information content (AvgIpc) is 3.30. The fraction of sp³-hybridized carbons (Fsp3) is 0.158. The molecule has 0 saturated heterocycles. The number of rotatable bonds is 7. The monoisotopic (exact) mass is 365 g/mol. The summed E-state index contributed by atoms with van der Waals surface area (Å²) in [5.74, 6) is -1.21. The molecule has 8 heteroatoms. The second kappa shape index (κ2) is 7.69. The summed E-state index contributed by atoms with van der Waals surface area (Å²) in [4.78, 5) is 43.6. The summed E-state index contributed by atoms with van der Waals surface area (Å²) in [6.45, 7) is 1.76. The van der Waals surface area contributed by atoms with Gasteiger partial charge >= 0.3 is 0 Å². The van der Waals surface area contributed by atoms with Crippen molar-refractivity contribution in [3.05, 3.63) is 71.9 Å². The number of benzene rings is 1. The highest BCUT2D eigenvalue weighted by Crippen LogP contribution is 2.13. The van der Waals surface area contributed by atoms with Crippen LogP contribution in [0.2, 0.25) is 0 Å². The van der Waals surface area contributed by atoms with Crippen LogP contribution in [0.4, 0.5) is 0 Å². The first-order valence-electron chi connectivity index (χ1n) is 8.34. The maximum absolute atomic E-state index is 12.8. The number of aromatic amines is 1. The van der Waals surface area contributed by atoms with E-state index in [1.807, 2.05) is 18.2 Å². The van der Waals surface area contributed by atoms with Crippen molar-refractivity contribution in [1.29, 1.82) is 0 Å². The van der Waals surface area contributed by atoms with E-state index in [2.05, 4.69) is 15.3 Å². The highest BCUT2D eigenvalue weighted by molar-refractivity contribution is 6.38. The second-order valence-electron chi connectivity index (χ2n) is 6.03. The number of nitrogens with one attached hydrogen (secondary N) is 2. The van der Waals surface area contributed by atoms with Gasteiger partial charge in [0.05, 0.1) is 6.20 Å². The van der Waals surface area contributed by atoms with Gasteiger partial charge in [-0.25, -0.2) is 4.98 Å². The highest BCUT2D eigenvalue weighted by Gasteiger charge is 2.27. The fourth-order valence-corrected chi connectivity index (χ4v) is 2.83. The van der Waals surface area contributed by atoms with E-state index in [-0.39, 0.29) is 12.1 Å². The number of primary amides is 1. The van der Waals surface area contributed by atoms with Gasteiger partial charge in [0, 0.05) is 12.6 Å². The maximum atomic E-state index is 12.8. The zero-order chi connectivity index (χ0) is 19.4. The Morgan fingerprint density at radius 2 is 1.93 bits per heavy atom. The molecule has 1 unspecified atom stereocenters. The molecule has 27 heavy (non-hydrogen) atoms. The third kappa shape index (κ3) is 3.95. The minimum atomic E-state index is -1.09. The van der Waals surface area contributed by atoms with Crippen LogP contribution in [0.3, 0.4) is 0 Å². The number of aryl methyl sites for hydroxylation is 1. The molecule has 0 spiro atoms. The summed E-state index contributed by atoms with van der Waals surface area (Å²) < 4.78 is 1.63. The summed E-state index contributed by atoms with van der Waals surface area (Å²) >= 11 is 0. The molecule has 1 atom stereocenters. The van der Waals surface area contributed by atoms with E-state index < -0.39 is 23.6 Å². The lowest BCUT2D eigenvalue weighted by Gasteiger charge is -2.17. The van der Waals surface area contributed by atoms with Gasteiger partial charge in [0.1, 0.15) is 23.4 Å². The molecule has 4 N–H and O–H groups in total. The molecule has 0 fully saturated rings. The van der Waals surface area contributed by atoms with E-state index in [0.29, 0.717) is 11.6 Å². The van der Waals surface area contributed by atoms with Gasteiger partial charge in [0.2, 0.25) is 5.78 Å². The van der Waals surface area contributed by atoms with E-state index in [0.717, 1.165) is 5.56 Å². The first kappa shape index (κ1) is 18.1. The molecule has 8 nitrogen and oxygen atoms in total. The van der Waals surface area contributed by atoms with Gasteiger partial charge in [0.15, 0.2) is 0 Å². The van der Waals surface area contributed by atoms with Crippen molar-refractivity contribution in [3.8, 4) is 5.82 Å². The topological polar surface area (TPSA) is 123 Å². The van der Waals surface area contributed by atoms with Crippen molar-refractivity contribution in [2.75, 3.05) is 0 Å². The van der Waals surface area contributed by atoms with Crippen LogP contribution in [0, 0.1) is 6.92 Å². The number of carbonyl (C=O) groups is 3. The Morgan fingerprint density at radius 3 is 2.56 bits per heavy atom. The van der Waals surface area contributed by atoms with Crippen LogP contribution in [0.25, 0.3) is 5.82 Å². The molecule has 0 aliphatic heterocycles. The molecule has 0 aliphatic carbocycles. The number of amides is 2. The fourth-order valence-electron chi connectivity index (χ4n) is 2.83. The molecule has 2 amide bonds. The van der Waals surface area contributed by atoms with Gasteiger partial charge in [-0.3, -0.25) is 19.0 Å². The summed E-state index contributed by atoms with van der Waals surface area (Å²) in [5, 5.41) is 2.61. The Balaban J connectivity index is 1.87. The molecule has 0 saturated carbocycles. The Kier molecular flexibility index (Phi) is 5.16. The standard InChI is InChI=1S/C19H19N5O3/c1-12-22-11-15(24(12)16-8-5-9-21-16)19(27)23-14(17(25)18(20)26)10-13-6-3-2-4-7-13/h2-9,11,14,21H,10H2,1H3,(H2,20,26)(H,23,27). The van der Waals surface area contributed by atoms with Crippen molar-refractivity contribution < 1.29 is 14.4 Å². The number of hydrogen-bond acceptors (Lipinski definition) is 4. The molecular weight excluding hydrogens is 346 g/mol. The van der Waals surface area contributed by atoms with Crippen molar-refractivity contribution in [1.82, 2.24) is 19.9 Å². The predicted molar refractivity (Wildman–Crippen MR) is 98.3 cm³/mol. The molecule has 2 heterocycles. The minimum absolute atomic E-state index is 0.157. The normalized spacial score (nSPS) is 11.7. The number of hydrogen-bond donors (Lipinski definition) is 3. The van der Waals surface area contributed by atoms with Gasteiger partial charge in [-0.2, -0.15) is 0 Å². The smallest absolute Gasteiger partial charge is 0.287 e. The second-order valence-corrected chi connectivity index (χ2v) is 6.03. The van der Waals surface area contributed by atoms with Gasteiger partial charge in [-0.1, -0.05) is 30.3 Å². The van der Waals surface area contributed by atoms with Crippen LogP contribution >= 0.6 is 0 Å². The van der Waals surface area contributed by atoms with Gasteiger partial charge < -0.3 is 16.0 Å². The van der Waals surface area contributed by atoms with E-state index in [4.69, 9.17) is 5.73 Å². The molecule has 0 radical (unpaired) electrons. The molecule has 138 valence electrons. The lowest BCUT2D eigenvalue weighted by Crippen LogP contribution is -2.47. The minimum Gasteiger partial charge on any atom is -0.363 e. The summed E-state index contributed by atoms with van der Waals surface area (Å²) in [6, 6.07) is 11.6. The number of ketones is 1. The van der Waals surface area contributed by atoms with Crippen molar-refractivity contribution in [3.63, 3.8) is 0 Å². The third-order valence-electron chi connectivity index (χ3n) is 4.14. The van der Waals surface area contributed by atoms with Crippen LogP contribution in [0.1, 0.15) is 21.9 Å². The van der Waals surface area contributed by atoms with E-state index in [9.17, 15) is 14.4 Å². The Bertz CT molecular complexity index is 961. The first-order chi connectivity index (χ1) is 13.0. The Labute approximate surface area is 155 Å². The lowest BCUT2D eigenvalue weighted by atomic mass is 10.0. The van der Waals surface area contributed by atoms with E-state index in [1.165, 1.54) is 6.20 Å². The van der Waals surface area contributed by atoms with Crippen LogP contribution in [-0.2, 0) is 16.0 Å². The zero-order valence-corrected chi connectivity index (χ0v) is 14.7. The van der Waals surface area contributed by atoms with Crippen LogP contribution in [0.5, 0.6) is 0 Å². The quantitative estimate of drug-likeness (QED) is 0.538. The lowest BCUT2D eigenvalue weighted by molar-refractivity contribution is -0.137. The number of H-pyrrole nitrogens is 1. The maximum Gasteiger partial charge on any atom is 0.287 e. The first-order valence-corrected chi connectivity index (χ1v) is 8.34. The highest BCUT2D eigenvalue weighted by atomic mass is 16.2. The predicted octanol–water partition coefficient (Wildman–Crippen LogP) is 0.904. The molecule has 0 aliphatic rings. The number of carbonyl (C=O) groups excluding carboxylic acids is 3. The summed E-state index contributed by atoms with van der Waals surface area (Å²) in [6.07, 6.45) is 3.30. The number of Topliss-reactive ketones (excluding diaryl/α,β-unsaturated/α-hetero) is 1. The summed E-state index contributed by atoms with van der Waals surface area (Å²) in [7, 11) is 0. The van der Waals surface area contributed by atoms with Crippen LogP contribution in [-0.4, -0.2) is 38.2 Å². The van der Waals surface area contributed by atoms with Gasteiger partial charge in [-0.05, 0) is 24.6 Å². The molecular formula is C19H19N5O3. The number of nitrogens with two attached hydrogens (primary N) is 1. The van der Waals surface area contributed by atoms with Gasteiger partial charge in [-0.15, -0.1) is 0 Å². The molecule has 2 aromatic heterocycles. The van der Waals surface area contributed by atoms with Crippen molar-refractivity contribution in [2.24, 2.45) is 5.73 Å². The Hall–Kier alpha value is -3.68. The van der Waals surface area contributed by atoms with Crippen molar-refractivity contribution >= 4 is 17.6 Å². The number of aromatic nitrogens is 3. The van der Waals surface area contributed by atoms with E-state index >= 15 is 0 Å². The van der Waals surface area contributed by atoms with Crippen molar-refractivity contribution in [2.45, 2.75) is 19.4 Å². The van der Waals surface area contributed by atoms with E-state index in [1.54, 1.807) is 42.0 Å². The zero-order valence-electron chi connectivity index (χ0n) is 14.7. The molecule has 1 aromatic carbocycles. The summed E-state index contributed by atoms with van der Waals surface area (Å²) in [5.41, 5.74) is 6.19. The SMILES string of the molecule is Cc1ncc(C(=O)NC(Cc2ccccc2)C(=O)C(N)=O)n1-c1ccc[nH]1. The largest absolute Gasteiger partial charge is 0.363 e. The molecule has 3 aromatic rings. The average molecular weight is 365 g/mol. The number of nitrogens with zero attached hydrogens (tertiary/aromatic N) is 2. The number of imidazole rings is 1. The third-order valence-corrected chi connectivity index (χ3v) is 4.14.